The van der Waals surface area contributed by atoms with Crippen LogP contribution in [-0.4, -0.2) is 35.4 Å². The van der Waals surface area contributed by atoms with Gasteiger partial charge in [-0.05, 0) is 38.0 Å². The highest BCUT2D eigenvalue weighted by atomic mass is 32.1. The summed E-state index contributed by atoms with van der Waals surface area (Å²) in [6.07, 6.45) is 1.79. The lowest BCUT2D eigenvalue weighted by molar-refractivity contribution is -0.131. The Balaban J connectivity index is 1.29. The monoisotopic (exact) mass is 415 g/mol. The molecule has 0 aliphatic carbocycles. The lowest BCUT2D eigenvalue weighted by Gasteiger charge is -2.31. The molecule has 1 aromatic heterocycles. The highest BCUT2D eigenvalue weighted by molar-refractivity contribution is 7.18. The number of likely N-dealkylation sites (tertiary alicyclic amines) is 1. The van der Waals surface area contributed by atoms with Gasteiger partial charge in [0.25, 0.3) is 0 Å². The van der Waals surface area contributed by atoms with Gasteiger partial charge >= 0.3 is 0 Å². The van der Waals surface area contributed by atoms with E-state index >= 15 is 0 Å². The van der Waals surface area contributed by atoms with Crippen molar-refractivity contribution in [2.24, 2.45) is 0 Å². The zero-order valence-electron chi connectivity index (χ0n) is 16.2. The van der Waals surface area contributed by atoms with Crippen LogP contribution in [0.3, 0.4) is 0 Å². The summed E-state index contributed by atoms with van der Waals surface area (Å²) in [6.45, 7) is 3.29. The van der Waals surface area contributed by atoms with Gasteiger partial charge in [-0.1, -0.05) is 18.2 Å². The van der Waals surface area contributed by atoms with Crippen molar-refractivity contribution in [3.8, 4) is 0 Å². The molecule has 0 unspecified atom stereocenters. The van der Waals surface area contributed by atoms with Gasteiger partial charge in [-0.25, -0.2) is 13.8 Å². The molecule has 1 saturated heterocycles. The van der Waals surface area contributed by atoms with Crippen molar-refractivity contribution in [2.75, 3.05) is 19.6 Å². The van der Waals surface area contributed by atoms with E-state index in [0.29, 0.717) is 24.6 Å². The molecule has 1 N–H and O–H groups in total. The first-order valence-corrected chi connectivity index (χ1v) is 10.6. The lowest BCUT2D eigenvalue weighted by atomic mass is 9.97. The van der Waals surface area contributed by atoms with Gasteiger partial charge in [0.2, 0.25) is 5.91 Å². The van der Waals surface area contributed by atoms with Crippen LogP contribution in [0.4, 0.5) is 8.78 Å². The fraction of sp³-hybridized carbons (Fsp3) is 0.364. The fourth-order valence-electron chi connectivity index (χ4n) is 3.76. The number of hydrogen-bond donors (Lipinski definition) is 1. The zero-order valence-corrected chi connectivity index (χ0v) is 17.0. The van der Waals surface area contributed by atoms with Gasteiger partial charge in [0.15, 0.2) is 0 Å². The van der Waals surface area contributed by atoms with E-state index in [9.17, 15) is 13.6 Å². The number of thiazole rings is 1. The molecule has 4 nitrogen and oxygen atoms in total. The number of halogens is 2. The molecule has 1 fully saturated rings. The highest BCUT2D eigenvalue weighted by Crippen LogP contribution is 2.33. The van der Waals surface area contributed by atoms with Gasteiger partial charge in [-0.15, -0.1) is 11.3 Å². The van der Waals surface area contributed by atoms with E-state index in [1.165, 1.54) is 16.8 Å². The Morgan fingerprint density at radius 1 is 1.24 bits per heavy atom. The van der Waals surface area contributed by atoms with E-state index in [4.69, 9.17) is 4.98 Å². The lowest BCUT2D eigenvalue weighted by Crippen LogP contribution is -2.43. The summed E-state index contributed by atoms with van der Waals surface area (Å²) < 4.78 is 28.1. The molecule has 29 heavy (non-hydrogen) atoms. The maximum Gasteiger partial charge on any atom is 0.236 e. The predicted molar refractivity (Wildman–Crippen MR) is 111 cm³/mol. The Hall–Kier alpha value is -2.38. The topological polar surface area (TPSA) is 45.2 Å². The third-order valence-corrected chi connectivity index (χ3v) is 6.69. The maximum absolute atomic E-state index is 13.9. The number of aromatic nitrogens is 1. The van der Waals surface area contributed by atoms with Gasteiger partial charge in [0, 0.05) is 36.7 Å². The molecule has 2 heterocycles. The average Bonchev–Trinajstić information content (AvgIpc) is 3.16. The number of carbonyl (C=O) groups excluding carboxylic acids is 1. The number of para-hydroxylation sites is 1. The van der Waals surface area contributed by atoms with Crippen LogP contribution in [0.15, 0.2) is 42.5 Å². The molecule has 2 aromatic carbocycles. The highest BCUT2D eigenvalue weighted by Gasteiger charge is 2.26. The predicted octanol–water partition coefficient (Wildman–Crippen LogP) is 4.63. The van der Waals surface area contributed by atoms with Crippen LogP contribution in [0.2, 0.25) is 0 Å². The number of fused-ring (bicyclic) bond motifs is 1. The van der Waals surface area contributed by atoms with E-state index in [2.05, 4.69) is 11.4 Å². The Labute approximate surface area is 172 Å². The first-order chi connectivity index (χ1) is 14.0. The van der Waals surface area contributed by atoms with Crippen LogP contribution in [-0.2, 0) is 4.79 Å². The second-order valence-corrected chi connectivity index (χ2v) is 8.51. The van der Waals surface area contributed by atoms with Crippen molar-refractivity contribution < 1.29 is 13.6 Å². The standard InChI is InChI=1S/C22H23F2N3OS/c1-14(17-7-6-16(23)12-18(17)24)25-13-21(28)27-10-8-15(9-11-27)22-26-19-4-2-3-5-20(19)29-22/h2-7,12,14-15,25H,8-11,13H2,1H3/t14-/m1/s1. The van der Waals surface area contributed by atoms with E-state index in [-0.39, 0.29) is 18.5 Å². The summed E-state index contributed by atoms with van der Waals surface area (Å²) in [7, 11) is 0. The number of benzene rings is 2. The van der Waals surface area contributed by atoms with Crippen LogP contribution in [0.25, 0.3) is 10.2 Å². The number of piperidine rings is 1. The maximum atomic E-state index is 13.9. The Morgan fingerprint density at radius 2 is 2.00 bits per heavy atom. The van der Waals surface area contributed by atoms with Gasteiger partial charge < -0.3 is 10.2 Å². The smallest absolute Gasteiger partial charge is 0.236 e. The first-order valence-electron chi connectivity index (χ1n) is 9.83. The molecule has 0 saturated carbocycles. The fourth-order valence-corrected chi connectivity index (χ4v) is 4.89. The van der Waals surface area contributed by atoms with E-state index in [1.54, 1.807) is 18.3 Å². The SMILES string of the molecule is C[C@@H](NCC(=O)N1CCC(c2nc3ccccc3s2)CC1)c1ccc(F)cc1F. The van der Waals surface area contributed by atoms with Crippen molar-refractivity contribution in [3.05, 3.63) is 64.7 Å². The Bertz CT molecular complexity index is 981. The van der Waals surface area contributed by atoms with Gasteiger partial charge in [-0.3, -0.25) is 4.79 Å². The molecule has 4 rings (SSSR count). The minimum absolute atomic E-state index is 0.00196. The second kappa shape index (κ2) is 8.55. The number of rotatable bonds is 5. The molecular weight excluding hydrogens is 392 g/mol. The van der Waals surface area contributed by atoms with E-state index < -0.39 is 11.6 Å². The number of nitrogens with one attached hydrogen (secondary N) is 1. The van der Waals surface area contributed by atoms with Crippen molar-refractivity contribution in [3.63, 3.8) is 0 Å². The summed E-state index contributed by atoms with van der Waals surface area (Å²) in [5.74, 6) is -0.821. The van der Waals surface area contributed by atoms with Crippen molar-refractivity contribution in [1.29, 1.82) is 0 Å². The summed E-state index contributed by atoms with van der Waals surface area (Å²) in [4.78, 5) is 19.2. The molecule has 3 aromatic rings. The summed E-state index contributed by atoms with van der Waals surface area (Å²) in [5.41, 5.74) is 1.39. The molecule has 0 radical (unpaired) electrons. The van der Waals surface area contributed by atoms with Gasteiger partial charge in [-0.2, -0.15) is 0 Å². The van der Waals surface area contributed by atoms with Gasteiger partial charge in [0.1, 0.15) is 11.6 Å². The van der Waals surface area contributed by atoms with Crippen molar-refractivity contribution in [1.82, 2.24) is 15.2 Å². The molecular formula is C22H23F2N3OS. The molecule has 7 heteroatoms. The third kappa shape index (κ3) is 4.46. The number of carbonyl (C=O) groups is 1. The van der Waals surface area contributed by atoms with Crippen LogP contribution in [0.5, 0.6) is 0 Å². The molecule has 1 atom stereocenters. The summed E-state index contributed by atoms with van der Waals surface area (Å²) in [5, 5.41) is 4.20. The van der Waals surface area contributed by atoms with Crippen LogP contribution >= 0.6 is 11.3 Å². The summed E-state index contributed by atoms with van der Waals surface area (Å²) >= 11 is 1.74. The Kier molecular flexibility index (Phi) is 5.87. The van der Waals surface area contributed by atoms with Crippen LogP contribution in [0, 0.1) is 11.6 Å². The summed E-state index contributed by atoms with van der Waals surface area (Å²) in [6, 6.07) is 11.3. The quantitative estimate of drug-likeness (QED) is 0.661. The largest absolute Gasteiger partial charge is 0.342 e. The molecule has 152 valence electrons. The van der Waals surface area contributed by atoms with Crippen LogP contribution < -0.4 is 5.32 Å². The molecule has 0 bridgehead atoms. The van der Waals surface area contributed by atoms with E-state index in [0.717, 1.165) is 29.4 Å². The number of amides is 1. The van der Waals surface area contributed by atoms with Crippen molar-refractivity contribution in [2.45, 2.75) is 31.7 Å². The van der Waals surface area contributed by atoms with Crippen molar-refractivity contribution >= 4 is 27.5 Å². The molecule has 1 amide bonds. The molecule has 1 aliphatic heterocycles. The average molecular weight is 416 g/mol. The minimum atomic E-state index is -0.606. The first kappa shape index (κ1) is 19.9. The zero-order chi connectivity index (χ0) is 20.4. The third-order valence-electron chi connectivity index (χ3n) is 5.50. The number of nitrogens with zero attached hydrogens (tertiary/aromatic N) is 2. The van der Waals surface area contributed by atoms with Crippen LogP contribution in [0.1, 0.15) is 42.3 Å². The second-order valence-electron chi connectivity index (χ2n) is 7.44. The minimum Gasteiger partial charge on any atom is -0.342 e. The van der Waals surface area contributed by atoms with E-state index in [1.807, 2.05) is 23.1 Å². The molecule has 0 spiro atoms. The number of hydrogen-bond acceptors (Lipinski definition) is 4. The Morgan fingerprint density at radius 3 is 2.72 bits per heavy atom. The molecule has 1 aliphatic rings. The normalized spacial score (nSPS) is 16.3. The van der Waals surface area contributed by atoms with Gasteiger partial charge in [0.05, 0.1) is 21.8 Å².